The van der Waals surface area contributed by atoms with E-state index in [1.54, 1.807) is 12.1 Å². The molecular weight excluding hydrogens is 376 g/mol. The molecule has 0 amide bonds. The smallest absolute Gasteiger partial charge is 0.216 e. The molecule has 0 saturated heterocycles. The van der Waals surface area contributed by atoms with Crippen molar-refractivity contribution in [3.8, 4) is 17.2 Å². The minimum Gasteiger partial charge on any atom is -0.504 e. The maximum Gasteiger partial charge on any atom is 0.216 e. The third kappa shape index (κ3) is 4.40. The Hall–Kier alpha value is -3.13. The van der Waals surface area contributed by atoms with Crippen LogP contribution in [0.2, 0.25) is 0 Å². The van der Waals surface area contributed by atoms with Gasteiger partial charge in [-0.1, -0.05) is 39.0 Å². The molecule has 3 aromatic rings. The van der Waals surface area contributed by atoms with E-state index >= 15 is 0 Å². The molecule has 0 radical (unpaired) electrons. The fraction of sp³-hybridized carbons (Fsp3) is 0.250. The molecule has 1 aromatic heterocycles. The highest BCUT2D eigenvalue weighted by Crippen LogP contribution is 2.27. The number of aromatic amines is 1. The Morgan fingerprint density at radius 3 is 2.57 bits per heavy atom. The molecule has 8 heteroatoms. The van der Waals surface area contributed by atoms with Crippen molar-refractivity contribution < 1.29 is 14.9 Å². The number of aromatic hydroxyl groups is 2. The van der Waals surface area contributed by atoms with Gasteiger partial charge in [0.05, 0.1) is 6.21 Å². The van der Waals surface area contributed by atoms with E-state index in [1.807, 2.05) is 24.3 Å². The molecule has 0 atom stereocenters. The van der Waals surface area contributed by atoms with Gasteiger partial charge >= 0.3 is 0 Å². The van der Waals surface area contributed by atoms with E-state index in [0.29, 0.717) is 17.1 Å². The van der Waals surface area contributed by atoms with Crippen LogP contribution in [0.15, 0.2) is 47.6 Å². The standard InChI is InChI=1S/C20H22N4O3S/c1-20(2,3)14-7-9-15(10-8-14)27-12-17-22-23-19(28)24(17)21-11-13-5-4-6-16(25)18(13)26/h4-11,25-26H,12H2,1-3H3,(H,23,28)/b21-11+. The third-order valence-electron chi connectivity index (χ3n) is 4.16. The molecule has 3 rings (SSSR count). The summed E-state index contributed by atoms with van der Waals surface area (Å²) < 4.78 is 7.49. The van der Waals surface area contributed by atoms with Gasteiger partial charge < -0.3 is 14.9 Å². The summed E-state index contributed by atoms with van der Waals surface area (Å²) in [5, 5.41) is 30.5. The first-order valence-electron chi connectivity index (χ1n) is 8.70. The summed E-state index contributed by atoms with van der Waals surface area (Å²) in [6.45, 7) is 6.63. The monoisotopic (exact) mass is 398 g/mol. The maximum absolute atomic E-state index is 9.87. The maximum atomic E-state index is 9.87. The van der Waals surface area contributed by atoms with E-state index in [0.717, 1.165) is 0 Å². The van der Waals surface area contributed by atoms with Crippen molar-refractivity contribution in [1.82, 2.24) is 14.9 Å². The fourth-order valence-electron chi connectivity index (χ4n) is 2.51. The van der Waals surface area contributed by atoms with Crippen LogP contribution < -0.4 is 4.74 Å². The van der Waals surface area contributed by atoms with E-state index in [4.69, 9.17) is 17.0 Å². The molecule has 7 nitrogen and oxygen atoms in total. The van der Waals surface area contributed by atoms with Gasteiger partial charge in [-0.15, -0.1) is 0 Å². The molecule has 1 heterocycles. The highest BCUT2D eigenvalue weighted by atomic mass is 32.1. The van der Waals surface area contributed by atoms with Gasteiger partial charge in [-0.25, -0.2) is 5.10 Å². The number of benzene rings is 2. The number of rotatable bonds is 5. The van der Waals surface area contributed by atoms with Gasteiger partial charge in [0.25, 0.3) is 0 Å². The van der Waals surface area contributed by atoms with Gasteiger partial charge in [-0.05, 0) is 47.5 Å². The molecule has 0 aliphatic heterocycles. The summed E-state index contributed by atoms with van der Waals surface area (Å²) in [5.41, 5.74) is 1.65. The molecular formula is C20H22N4O3S. The van der Waals surface area contributed by atoms with Crippen LogP contribution in [0.1, 0.15) is 37.7 Å². The molecule has 28 heavy (non-hydrogen) atoms. The van der Waals surface area contributed by atoms with Crippen LogP contribution in [0, 0.1) is 4.77 Å². The zero-order chi connectivity index (χ0) is 20.3. The van der Waals surface area contributed by atoms with Crippen LogP contribution >= 0.6 is 12.2 Å². The van der Waals surface area contributed by atoms with Crippen molar-refractivity contribution in [3.05, 3.63) is 64.2 Å². The molecule has 0 aliphatic rings. The number of ether oxygens (including phenoxy) is 1. The fourth-order valence-corrected chi connectivity index (χ4v) is 2.71. The number of para-hydroxylation sites is 1. The topological polar surface area (TPSA) is 95.7 Å². The van der Waals surface area contributed by atoms with Gasteiger partial charge in [-0.3, -0.25) is 0 Å². The van der Waals surface area contributed by atoms with Crippen LogP contribution in [-0.4, -0.2) is 31.3 Å². The summed E-state index contributed by atoms with van der Waals surface area (Å²) in [7, 11) is 0. The van der Waals surface area contributed by atoms with Crippen LogP contribution in [0.25, 0.3) is 0 Å². The SMILES string of the molecule is CC(C)(C)c1ccc(OCc2n[nH]c(=S)n2/N=C/c2cccc(O)c2O)cc1. The van der Waals surface area contributed by atoms with E-state index in [2.05, 4.69) is 36.1 Å². The second kappa shape index (κ2) is 7.85. The number of phenols is 2. The number of nitrogens with zero attached hydrogens (tertiary/aromatic N) is 3. The minimum absolute atomic E-state index is 0.0765. The first-order chi connectivity index (χ1) is 13.3. The lowest BCUT2D eigenvalue weighted by molar-refractivity contribution is 0.290. The Bertz CT molecular complexity index is 1050. The van der Waals surface area contributed by atoms with Gasteiger partial charge in [0, 0.05) is 5.56 Å². The largest absolute Gasteiger partial charge is 0.504 e. The van der Waals surface area contributed by atoms with Crippen molar-refractivity contribution in [1.29, 1.82) is 0 Å². The first-order valence-corrected chi connectivity index (χ1v) is 9.11. The van der Waals surface area contributed by atoms with Crippen molar-refractivity contribution in [3.63, 3.8) is 0 Å². The van der Waals surface area contributed by atoms with E-state index in [9.17, 15) is 10.2 Å². The predicted molar refractivity (Wildman–Crippen MR) is 110 cm³/mol. The van der Waals surface area contributed by atoms with E-state index in [-0.39, 0.29) is 28.3 Å². The van der Waals surface area contributed by atoms with Crippen molar-refractivity contribution in [2.45, 2.75) is 32.8 Å². The number of nitrogens with one attached hydrogen (secondary N) is 1. The Balaban J connectivity index is 1.75. The highest BCUT2D eigenvalue weighted by molar-refractivity contribution is 7.71. The van der Waals surface area contributed by atoms with E-state index in [1.165, 1.54) is 22.5 Å². The molecule has 3 N–H and O–H groups in total. The summed E-state index contributed by atoms with van der Waals surface area (Å²) in [6, 6.07) is 12.5. The molecule has 146 valence electrons. The molecule has 0 fully saturated rings. The lowest BCUT2D eigenvalue weighted by Gasteiger charge is -2.19. The summed E-state index contributed by atoms with van der Waals surface area (Å²) in [6.07, 6.45) is 1.39. The van der Waals surface area contributed by atoms with Crippen molar-refractivity contribution in [2.24, 2.45) is 5.10 Å². The average molecular weight is 398 g/mol. The third-order valence-corrected chi connectivity index (χ3v) is 4.43. The number of hydrogen-bond donors (Lipinski definition) is 3. The normalized spacial score (nSPS) is 11.8. The average Bonchev–Trinajstić information content (AvgIpc) is 3.00. The second-order valence-electron chi connectivity index (χ2n) is 7.28. The van der Waals surface area contributed by atoms with Crippen LogP contribution in [-0.2, 0) is 12.0 Å². The molecule has 0 unspecified atom stereocenters. The predicted octanol–water partition coefficient (Wildman–Crippen LogP) is 4.11. The Morgan fingerprint density at radius 2 is 1.89 bits per heavy atom. The summed E-state index contributed by atoms with van der Waals surface area (Å²) >= 11 is 5.20. The minimum atomic E-state index is -0.252. The molecule has 0 bridgehead atoms. The van der Waals surface area contributed by atoms with Crippen LogP contribution in [0.3, 0.4) is 0 Å². The van der Waals surface area contributed by atoms with Crippen molar-refractivity contribution in [2.75, 3.05) is 0 Å². The first kappa shape index (κ1) is 19.6. The highest BCUT2D eigenvalue weighted by Gasteiger charge is 2.13. The lowest BCUT2D eigenvalue weighted by Crippen LogP contribution is -2.10. The quantitative estimate of drug-likeness (QED) is 0.341. The Kier molecular flexibility index (Phi) is 5.51. The van der Waals surface area contributed by atoms with Crippen LogP contribution in [0.5, 0.6) is 17.2 Å². The van der Waals surface area contributed by atoms with E-state index < -0.39 is 0 Å². The summed E-state index contributed by atoms with van der Waals surface area (Å²) in [4.78, 5) is 0. The van der Waals surface area contributed by atoms with Gasteiger partial charge in [-0.2, -0.15) is 14.9 Å². The second-order valence-corrected chi connectivity index (χ2v) is 7.67. The molecule has 0 spiro atoms. The van der Waals surface area contributed by atoms with Crippen molar-refractivity contribution >= 4 is 18.4 Å². The zero-order valence-corrected chi connectivity index (χ0v) is 16.7. The van der Waals surface area contributed by atoms with Crippen LogP contribution in [0.4, 0.5) is 0 Å². The zero-order valence-electron chi connectivity index (χ0n) is 15.9. The molecule has 0 aliphatic carbocycles. The number of aromatic nitrogens is 3. The van der Waals surface area contributed by atoms with Gasteiger partial charge in [0.2, 0.25) is 4.77 Å². The number of hydrogen-bond acceptors (Lipinski definition) is 6. The molecule has 2 aromatic carbocycles. The van der Waals surface area contributed by atoms with Gasteiger partial charge in [0.15, 0.2) is 17.3 Å². The lowest BCUT2D eigenvalue weighted by atomic mass is 9.87. The summed E-state index contributed by atoms with van der Waals surface area (Å²) in [5.74, 6) is 0.712. The molecule has 0 saturated carbocycles. The number of phenolic OH excluding ortho intramolecular Hbond substituents is 2. The van der Waals surface area contributed by atoms with Gasteiger partial charge in [0.1, 0.15) is 12.4 Å². The Morgan fingerprint density at radius 1 is 1.18 bits per heavy atom. The number of H-pyrrole nitrogens is 1. The Labute approximate surface area is 167 Å².